The van der Waals surface area contributed by atoms with E-state index >= 15 is 0 Å². The number of rotatable bonds is 4. The Kier molecular flexibility index (Phi) is 3.88. The Morgan fingerprint density at radius 3 is 2.75 bits per heavy atom. The summed E-state index contributed by atoms with van der Waals surface area (Å²) in [6, 6.07) is 4.40. The lowest BCUT2D eigenvalue weighted by atomic mass is 10.1. The molecule has 0 atom stereocenters. The van der Waals surface area contributed by atoms with Crippen LogP contribution in [0.5, 0.6) is 5.75 Å². The van der Waals surface area contributed by atoms with Gasteiger partial charge in [0.05, 0.1) is 12.1 Å². The van der Waals surface area contributed by atoms with E-state index in [0.29, 0.717) is 11.3 Å². The van der Waals surface area contributed by atoms with Gasteiger partial charge in [0.15, 0.2) is 6.61 Å². The van der Waals surface area contributed by atoms with E-state index in [9.17, 15) is 14.4 Å². The molecule has 1 aliphatic rings. The molecule has 0 bridgehead atoms. The molecule has 2 rings (SSSR count). The third-order valence-electron chi connectivity index (χ3n) is 2.85. The molecule has 1 saturated heterocycles. The Morgan fingerprint density at radius 1 is 1.45 bits per heavy atom. The zero-order valence-electron chi connectivity index (χ0n) is 10.8. The number of nitrogens with zero attached hydrogens (tertiary/aromatic N) is 1. The number of hydrogen-bond donors (Lipinski definition) is 1. The predicted octanol–water partition coefficient (Wildman–Crippen LogP) is 1.05. The molecule has 1 heterocycles. The molecule has 0 spiro atoms. The van der Waals surface area contributed by atoms with Gasteiger partial charge < -0.3 is 14.6 Å². The number of carbonyl (C=O) groups excluding carboxylic acids is 2. The fourth-order valence-electron chi connectivity index (χ4n) is 1.81. The number of aryl methyl sites for hydroxylation is 1. The summed E-state index contributed by atoms with van der Waals surface area (Å²) in [7, 11) is 0. The zero-order chi connectivity index (χ0) is 14.7. The van der Waals surface area contributed by atoms with Crippen LogP contribution in [0.1, 0.15) is 15.9 Å². The highest BCUT2D eigenvalue weighted by Gasteiger charge is 2.28. The van der Waals surface area contributed by atoms with Crippen LogP contribution in [-0.4, -0.2) is 47.7 Å². The lowest BCUT2D eigenvalue weighted by molar-refractivity contribution is -0.129. The summed E-state index contributed by atoms with van der Waals surface area (Å²) >= 11 is 0. The van der Waals surface area contributed by atoms with Crippen molar-refractivity contribution in [2.24, 2.45) is 0 Å². The van der Waals surface area contributed by atoms with Crippen molar-refractivity contribution in [3.8, 4) is 5.75 Å². The molecular weight excluding hydrogens is 266 g/mol. The number of amides is 2. The Morgan fingerprint density at radius 2 is 2.20 bits per heavy atom. The van der Waals surface area contributed by atoms with Crippen LogP contribution in [0.25, 0.3) is 0 Å². The van der Waals surface area contributed by atoms with E-state index in [2.05, 4.69) is 4.74 Å². The SMILES string of the molecule is Cc1cc(OCC(=O)N2CCOC2=O)ccc1C(=O)O. The standard InChI is InChI=1S/C13H13NO6/c1-8-6-9(2-3-10(8)12(16)17)20-7-11(15)14-4-5-19-13(14)18/h2-3,6H,4-5,7H2,1H3,(H,16,17). The highest BCUT2D eigenvalue weighted by atomic mass is 16.6. The van der Waals surface area contributed by atoms with Gasteiger partial charge in [0.2, 0.25) is 0 Å². The van der Waals surface area contributed by atoms with E-state index in [1.165, 1.54) is 18.2 Å². The number of benzene rings is 1. The number of imide groups is 1. The smallest absolute Gasteiger partial charge is 0.416 e. The summed E-state index contributed by atoms with van der Waals surface area (Å²) in [6.07, 6.45) is -0.670. The summed E-state index contributed by atoms with van der Waals surface area (Å²) in [6.45, 7) is 1.74. The van der Waals surface area contributed by atoms with Crippen molar-refractivity contribution >= 4 is 18.0 Å². The van der Waals surface area contributed by atoms with Gasteiger partial charge in [-0.1, -0.05) is 0 Å². The average Bonchev–Trinajstić information content (AvgIpc) is 2.82. The number of carboxylic acid groups (broad SMARTS) is 1. The molecule has 0 saturated carbocycles. The van der Waals surface area contributed by atoms with E-state index in [4.69, 9.17) is 9.84 Å². The minimum atomic E-state index is -1.02. The van der Waals surface area contributed by atoms with Gasteiger partial charge in [-0.2, -0.15) is 0 Å². The number of aromatic carboxylic acids is 1. The van der Waals surface area contributed by atoms with Crippen LogP contribution >= 0.6 is 0 Å². The van der Waals surface area contributed by atoms with Gasteiger partial charge in [0, 0.05) is 0 Å². The molecule has 1 aromatic rings. The fourth-order valence-corrected chi connectivity index (χ4v) is 1.81. The Labute approximate surface area is 114 Å². The summed E-state index contributed by atoms with van der Waals surface area (Å²) < 4.78 is 9.90. The van der Waals surface area contributed by atoms with Gasteiger partial charge in [-0.05, 0) is 30.7 Å². The maximum absolute atomic E-state index is 11.7. The Bertz CT molecular complexity index is 568. The first-order chi connectivity index (χ1) is 9.49. The minimum Gasteiger partial charge on any atom is -0.484 e. The second kappa shape index (κ2) is 5.60. The summed E-state index contributed by atoms with van der Waals surface area (Å²) in [4.78, 5) is 34.7. The number of ether oxygens (including phenoxy) is 2. The molecule has 0 aromatic heterocycles. The summed E-state index contributed by atoms with van der Waals surface area (Å²) in [5.41, 5.74) is 0.704. The van der Waals surface area contributed by atoms with E-state index in [-0.39, 0.29) is 25.3 Å². The van der Waals surface area contributed by atoms with Crippen molar-refractivity contribution in [1.82, 2.24) is 4.90 Å². The monoisotopic (exact) mass is 279 g/mol. The van der Waals surface area contributed by atoms with Gasteiger partial charge >= 0.3 is 12.1 Å². The number of carboxylic acids is 1. The van der Waals surface area contributed by atoms with E-state index < -0.39 is 18.0 Å². The molecule has 0 aliphatic carbocycles. The van der Waals surface area contributed by atoms with Crippen molar-refractivity contribution in [2.45, 2.75) is 6.92 Å². The molecule has 7 heteroatoms. The Balaban J connectivity index is 1.97. The molecule has 1 fully saturated rings. The highest BCUT2D eigenvalue weighted by molar-refractivity contribution is 5.93. The summed E-state index contributed by atoms with van der Waals surface area (Å²) in [5.74, 6) is -1.15. The predicted molar refractivity (Wildman–Crippen MR) is 66.7 cm³/mol. The zero-order valence-corrected chi connectivity index (χ0v) is 10.8. The molecule has 1 aromatic carbocycles. The van der Waals surface area contributed by atoms with E-state index in [1.54, 1.807) is 6.92 Å². The number of hydrogen-bond acceptors (Lipinski definition) is 5. The number of carbonyl (C=O) groups is 3. The largest absolute Gasteiger partial charge is 0.484 e. The van der Waals surface area contributed by atoms with Crippen molar-refractivity contribution in [3.05, 3.63) is 29.3 Å². The first kappa shape index (κ1) is 13.9. The number of cyclic esters (lactones) is 1. The first-order valence-corrected chi connectivity index (χ1v) is 5.93. The normalized spacial score (nSPS) is 14.1. The molecule has 20 heavy (non-hydrogen) atoms. The van der Waals surface area contributed by atoms with Crippen LogP contribution in [0.15, 0.2) is 18.2 Å². The molecule has 106 valence electrons. The van der Waals surface area contributed by atoms with Crippen molar-refractivity contribution in [1.29, 1.82) is 0 Å². The quantitative estimate of drug-likeness (QED) is 0.885. The molecular formula is C13H13NO6. The molecule has 2 amide bonds. The van der Waals surface area contributed by atoms with Crippen LogP contribution in [0.4, 0.5) is 4.79 Å². The van der Waals surface area contributed by atoms with Crippen LogP contribution in [0, 0.1) is 6.92 Å². The van der Waals surface area contributed by atoms with Crippen LogP contribution in [0.3, 0.4) is 0 Å². The lowest BCUT2D eigenvalue weighted by Crippen LogP contribution is -2.35. The average molecular weight is 279 g/mol. The molecule has 1 aliphatic heterocycles. The third kappa shape index (κ3) is 2.87. The lowest BCUT2D eigenvalue weighted by Gasteiger charge is -2.12. The molecule has 7 nitrogen and oxygen atoms in total. The molecule has 0 unspecified atom stereocenters. The van der Waals surface area contributed by atoms with E-state index in [1.807, 2.05) is 0 Å². The first-order valence-electron chi connectivity index (χ1n) is 5.93. The molecule has 0 radical (unpaired) electrons. The summed E-state index contributed by atoms with van der Waals surface area (Å²) in [5, 5.41) is 8.89. The van der Waals surface area contributed by atoms with Crippen LogP contribution in [0.2, 0.25) is 0 Å². The second-order valence-electron chi connectivity index (χ2n) is 4.23. The fraction of sp³-hybridized carbons (Fsp3) is 0.308. The van der Waals surface area contributed by atoms with Gasteiger partial charge in [0.25, 0.3) is 5.91 Å². The van der Waals surface area contributed by atoms with E-state index in [0.717, 1.165) is 4.90 Å². The van der Waals surface area contributed by atoms with Crippen molar-refractivity contribution in [3.63, 3.8) is 0 Å². The van der Waals surface area contributed by atoms with Crippen molar-refractivity contribution in [2.75, 3.05) is 19.8 Å². The molecule has 1 N–H and O–H groups in total. The van der Waals surface area contributed by atoms with Crippen LogP contribution < -0.4 is 4.74 Å². The Hall–Kier alpha value is -2.57. The maximum Gasteiger partial charge on any atom is 0.416 e. The third-order valence-corrected chi connectivity index (χ3v) is 2.85. The second-order valence-corrected chi connectivity index (χ2v) is 4.23. The van der Waals surface area contributed by atoms with Crippen LogP contribution in [-0.2, 0) is 9.53 Å². The highest BCUT2D eigenvalue weighted by Crippen LogP contribution is 2.17. The topological polar surface area (TPSA) is 93.1 Å². The van der Waals surface area contributed by atoms with Gasteiger partial charge in [-0.3, -0.25) is 4.79 Å². The van der Waals surface area contributed by atoms with Crippen molar-refractivity contribution < 1.29 is 29.0 Å². The van der Waals surface area contributed by atoms with Gasteiger partial charge in [-0.25, -0.2) is 14.5 Å². The van der Waals surface area contributed by atoms with Gasteiger partial charge in [0.1, 0.15) is 12.4 Å². The minimum absolute atomic E-state index is 0.173. The van der Waals surface area contributed by atoms with Gasteiger partial charge in [-0.15, -0.1) is 0 Å². The maximum atomic E-state index is 11.7.